The number of amides is 1. The second-order valence-electron chi connectivity index (χ2n) is 7.34. The number of carbonyl (C=O) groups excluding carboxylic acids is 1. The van der Waals surface area contributed by atoms with E-state index in [1.54, 1.807) is 11.3 Å². The van der Waals surface area contributed by atoms with Crippen LogP contribution in [0.2, 0.25) is 0 Å². The molecule has 1 aromatic heterocycles. The molecular weight excluding hydrogens is 328 g/mol. The molecule has 25 heavy (non-hydrogen) atoms. The topological polar surface area (TPSA) is 41.1 Å². The number of carbonyl (C=O) groups is 1. The van der Waals surface area contributed by atoms with Crippen molar-refractivity contribution in [1.82, 2.24) is 10.6 Å². The smallest absolute Gasteiger partial charge is 0.237 e. The Hall–Kier alpha value is -1.65. The van der Waals surface area contributed by atoms with Crippen LogP contribution in [0.1, 0.15) is 56.7 Å². The first kappa shape index (κ1) is 19.7. The van der Waals surface area contributed by atoms with E-state index < -0.39 is 0 Å². The molecule has 1 amide bonds. The Bertz CT molecular complexity index is 647. The fourth-order valence-electron chi connectivity index (χ4n) is 2.85. The van der Waals surface area contributed by atoms with Crippen molar-refractivity contribution in [3.63, 3.8) is 0 Å². The molecule has 4 heteroatoms. The van der Waals surface area contributed by atoms with Crippen LogP contribution < -0.4 is 10.6 Å². The average molecular weight is 359 g/mol. The summed E-state index contributed by atoms with van der Waals surface area (Å²) in [6.07, 6.45) is 1.09. The summed E-state index contributed by atoms with van der Waals surface area (Å²) in [6.45, 7) is 10.4. The molecule has 0 radical (unpaired) electrons. The summed E-state index contributed by atoms with van der Waals surface area (Å²) in [7, 11) is 0. The second-order valence-corrected chi connectivity index (χ2v) is 8.32. The standard InChI is InChI=1S/C21H30N2OS/c1-14(2)13-17-8-10-18(11-9-17)20(19-7-6-12-25-19)23-16(5)21(24)22-15(3)4/h6-12,14-16,20,23H,13H2,1-5H3,(H,22,24)/t16-,20-/m1/s1. The number of rotatable bonds is 8. The minimum absolute atomic E-state index is 0.0287. The number of thiophene rings is 1. The molecule has 1 aromatic carbocycles. The van der Waals surface area contributed by atoms with Crippen molar-refractivity contribution in [3.05, 3.63) is 57.8 Å². The summed E-state index contributed by atoms with van der Waals surface area (Å²) in [4.78, 5) is 13.5. The largest absolute Gasteiger partial charge is 0.353 e. The zero-order valence-electron chi connectivity index (χ0n) is 15.9. The van der Waals surface area contributed by atoms with Gasteiger partial charge in [-0.3, -0.25) is 10.1 Å². The SMILES string of the molecule is CC(C)Cc1ccc([C@@H](N[C@H](C)C(=O)NC(C)C)c2cccs2)cc1. The third-order valence-corrected chi connectivity index (χ3v) is 4.96. The molecule has 0 saturated heterocycles. The summed E-state index contributed by atoms with van der Waals surface area (Å²) in [6, 6.07) is 12.9. The summed E-state index contributed by atoms with van der Waals surface area (Å²) in [5, 5.41) is 8.56. The van der Waals surface area contributed by atoms with E-state index in [1.165, 1.54) is 16.0 Å². The molecule has 0 unspecified atom stereocenters. The van der Waals surface area contributed by atoms with Gasteiger partial charge >= 0.3 is 0 Å². The van der Waals surface area contributed by atoms with Gasteiger partial charge in [-0.15, -0.1) is 11.3 Å². The van der Waals surface area contributed by atoms with E-state index in [4.69, 9.17) is 0 Å². The fraction of sp³-hybridized carbons (Fsp3) is 0.476. The van der Waals surface area contributed by atoms with E-state index in [1.807, 2.05) is 20.8 Å². The first-order chi connectivity index (χ1) is 11.9. The number of nitrogens with one attached hydrogen (secondary N) is 2. The Balaban J connectivity index is 2.18. The molecule has 2 atom stereocenters. The molecule has 0 saturated carbocycles. The van der Waals surface area contributed by atoms with E-state index in [2.05, 4.69) is 66.3 Å². The lowest BCUT2D eigenvalue weighted by Crippen LogP contribution is -2.45. The van der Waals surface area contributed by atoms with E-state index >= 15 is 0 Å². The number of benzene rings is 1. The van der Waals surface area contributed by atoms with Crippen LogP contribution in [0.15, 0.2) is 41.8 Å². The van der Waals surface area contributed by atoms with Gasteiger partial charge in [-0.2, -0.15) is 0 Å². The Kier molecular flexibility index (Phi) is 7.21. The van der Waals surface area contributed by atoms with Crippen molar-refractivity contribution in [2.75, 3.05) is 0 Å². The van der Waals surface area contributed by atoms with Crippen molar-refractivity contribution in [2.24, 2.45) is 5.92 Å². The minimum Gasteiger partial charge on any atom is -0.353 e. The van der Waals surface area contributed by atoms with Gasteiger partial charge in [-0.05, 0) is 55.7 Å². The highest BCUT2D eigenvalue weighted by Crippen LogP contribution is 2.27. The van der Waals surface area contributed by atoms with E-state index in [0.29, 0.717) is 5.92 Å². The lowest BCUT2D eigenvalue weighted by molar-refractivity contribution is -0.123. The summed E-state index contributed by atoms with van der Waals surface area (Å²) in [5.74, 6) is 0.685. The van der Waals surface area contributed by atoms with Crippen LogP contribution in [0.25, 0.3) is 0 Å². The van der Waals surface area contributed by atoms with Gasteiger partial charge in [0.2, 0.25) is 5.91 Å². The Morgan fingerprint density at radius 2 is 1.72 bits per heavy atom. The van der Waals surface area contributed by atoms with E-state index in [0.717, 1.165) is 6.42 Å². The van der Waals surface area contributed by atoms with Gasteiger partial charge in [-0.1, -0.05) is 44.2 Å². The van der Waals surface area contributed by atoms with Gasteiger partial charge in [-0.25, -0.2) is 0 Å². The third-order valence-electron chi connectivity index (χ3n) is 4.03. The van der Waals surface area contributed by atoms with Crippen LogP contribution in [0.3, 0.4) is 0 Å². The van der Waals surface area contributed by atoms with Crippen LogP contribution in [0.4, 0.5) is 0 Å². The second kappa shape index (κ2) is 9.16. The van der Waals surface area contributed by atoms with Gasteiger partial charge in [0, 0.05) is 10.9 Å². The Morgan fingerprint density at radius 1 is 1.04 bits per heavy atom. The van der Waals surface area contributed by atoms with Crippen molar-refractivity contribution in [1.29, 1.82) is 0 Å². The zero-order valence-corrected chi connectivity index (χ0v) is 16.7. The lowest BCUT2D eigenvalue weighted by Gasteiger charge is -2.23. The quantitative estimate of drug-likeness (QED) is 0.727. The van der Waals surface area contributed by atoms with Crippen molar-refractivity contribution in [3.8, 4) is 0 Å². The van der Waals surface area contributed by atoms with Crippen LogP contribution in [-0.2, 0) is 11.2 Å². The van der Waals surface area contributed by atoms with Crippen molar-refractivity contribution < 1.29 is 4.79 Å². The molecule has 0 aliphatic heterocycles. The molecular formula is C21H30N2OS. The average Bonchev–Trinajstić information content (AvgIpc) is 3.06. The molecule has 0 aliphatic rings. The van der Waals surface area contributed by atoms with Crippen LogP contribution >= 0.6 is 11.3 Å². The lowest BCUT2D eigenvalue weighted by atomic mass is 9.98. The summed E-state index contributed by atoms with van der Waals surface area (Å²) in [5.41, 5.74) is 2.55. The van der Waals surface area contributed by atoms with Crippen molar-refractivity contribution >= 4 is 17.2 Å². The zero-order chi connectivity index (χ0) is 18.4. The highest BCUT2D eigenvalue weighted by molar-refractivity contribution is 7.10. The first-order valence-corrected chi connectivity index (χ1v) is 9.93. The predicted molar refractivity (Wildman–Crippen MR) is 107 cm³/mol. The van der Waals surface area contributed by atoms with Gasteiger partial charge in [0.15, 0.2) is 0 Å². The van der Waals surface area contributed by atoms with Gasteiger partial charge in [0.05, 0.1) is 12.1 Å². The molecule has 2 aromatic rings. The van der Waals surface area contributed by atoms with Gasteiger partial charge in [0.25, 0.3) is 0 Å². The maximum atomic E-state index is 12.3. The highest BCUT2D eigenvalue weighted by Gasteiger charge is 2.21. The minimum atomic E-state index is -0.259. The maximum absolute atomic E-state index is 12.3. The fourth-order valence-corrected chi connectivity index (χ4v) is 3.66. The predicted octanol–water partition coefficient (Wildman–Crippen LogP) is 4.54. The molecule has 0 spiro atoms. The molecule has 0 aliphatic carbocycles. The van der Waals surface area contributed by atoms with Crippen LogP contribution in [0, 0.1) is 5.92 Å². The number of hydrogen-bond donors (Lipinski definition) is 2. The van der Waals surface area contributed by atoms with E-state index in [-0.39, 0.29) is 24.0 Å². The van der Waals surface area contributed by atoms with E-state index in [9.17, 15) is 4.79 Å². The molecule has 3 nitrogen and oxygen atoms in total. The van der Waals surface area contributed by atoms with Crippen molar-refractivity contribution in [2.45, 2.75) is 59.2 Å². The van der Waals surface area contributed by atoms with Gasteiger partial charge in [0.1, 0.15) is 0 Å². The Labute approximate surface area is 155 Å². The maximum Gasteiger partial charge on any atom is 0.237 e. The van der Waals surface area contributed by atoms with Crippen LogP contribution in [0.5, 0.6) is 0 Å². The van der Waals surface area contributed by atoms with Gasteiger partial charge < -0.3 is 5.32 Å². The molecule has 136 valence electrons. The molecule has 2 rings (SSSR count). The first-order valence-electron chi connectivity index (χ1n) is 9.05. The normalized spacial score (nSPS) is 13.9. The highest BCUT2D eigenvalue weighted by atomic mass is 32.1. The molecule has 0 bridgehead atoms. The number of hydrogen-bond acceptors (Lipinski definition) is 3. The van der Waals surface area contributed by atoms with Crippen LogP contribution in [-0.4, -0.2) is 18.0 Å². The molecule has 1 heterocycles. The molecule has 2 N–H and O–H groups in total. The summed E-state index contributed by atoms with van der Waals surface area (Å²) >= 11 is 1.71. The monoisotopic (exact) mass is 358 g/mol. The summed E-state index contributed by atoms with van der Waals surface area (Å²) < 4.78 is 0. The Morgan fingerprint density at radius 3 is 2.24 bits per heavy atom. The third kappa shape index (κ3) is 5.98. The molecule has 0 fully saturated rings.